The second-order valence-corrected chi connectivity index (χ2v) is 9.43. The van der Waals surface area contributed by atoms with Gasteiger partial charge in [-0.1, -0.05) is 11.6 Å². The molecule has 0 spiro atoms. The molecule has 0 amide bonds. The van der Waals surface area contributed by atoms with Crippen LogP contribution in [-0.2, 0) is 0 Å². The maximum Gasteiger partial charge on any atom is 0.189 e. The summed E-state index contributed by atoms with van der Waals surface area (Å²) in [7, 11) is 7.75. The number of methoxy groups -OCH3 is 5. The van der Waals surface area contributed by atoms with Crippen LogP contribution in [-0.4, -0.2) is 55.6 Å². The fourth-order valence-electron chi connectivity index (χ4n) is 4.29. The average molecular weight is 620 g/mol. The molecule has 0 unspecified atom stereocenters. The minimum absolute atomic E-state index is 0.0308. The van der Waals surface area contributed by atoms with Gasteiger partial charge in [0.1, 0.15) is 0 Å². The Morgan fingerprint density at radius 3 is 1.61 bits per heavy atom. The molecular weight excluding hydrogens is 590 g/mol. The average Bonchev–Trinajstić information content (AvgIpc) is 3.04. The van der Waals surface area contributed by atoms with Crippen molar-refractivity contribution < 1.29 is 28.8 Å². The number of hydrogen-bond donors (Lipinski definition) is 3. The molecule has 6 aromatic rings. The third-order valence-corrected chi connectivity index (χ3v) is 6.84. The van der Waals surface area contributed by atoms with Crippen LogP contribution in [0.4, 0.5) is 0 Å². The Labute approximate surface area is 256 Å². The fraction of sp³-hybridized carbons (Fsp3) is 0.156. The number of phenolic OH excluding ortho intramolecular Hbond substituents is 1. The summed E-state index contributed by atoms with van der Waals surface area (Å²) < 4.78 is 25.5. The molecule has 0 fully saturated rings. The number of phenols is 1. The zero-order valence-corrected chi connectivity index (χ0v) is 25.3. The number of rotatable bonds is 5. The third kappa shape index (κ3) is 6.79. The first-order chi connectivity index (χ1) is 21.2. The van der Waals surface area contributed by atoms with Crippen LogP contribution in [0.15, 0.2) is 82.8 Å². The van der Waals surface area contributed by atoms with Crippen molar-refractivity contribution in [3.05, 3.63) is 98.7 Å². The van der Waals surface area contributed by atoms with Gasteiger partial charge in [0.2, 0.25) is 0 Å². The molecule has 3 aromatic carbocycles. The van der Waals surface area contributed by atoms with Crippen LogP contribution < -0.4 is 34.5 Å². The molecule has 3 heterocycles. The Bertz CT molecular complexity index is 2040. The molecule has 228 valence electrons. The van der Waals surface area contributed by atoms with Crippen molar-refractivity contribution in [2.45, 2.75) is 0 Å². The van der Waals surface area contributed by atoms with E-state index in [2.05, 4.69) is 15.0 Å². The van der Waals surface area contributed by atoms with Gasteiger partial charge in [0.25, 0.3) is 0 Å². The molecule has 11 nitrogen and oxygen atoms in total. The number of hydrogen-bond acceptors (Lipinski definition) is 9. The summed E-state index contributed by atoms with van der Waals surface area (Å²) in [5.74, 6) is 2.78. The highest BCUT2D eigenvalue weighted by Gasteiger charge is 2.09. The summed E-state index contributed by atoms with van der Waals surface area (Å²) in [4.78, 5) is 33.0. The molecule has 6 rings (SSSR count). The highest BCUT2D eigenvalue weighted by molar-refractivity contribution is 6.35. The molecule has 0 aliphatic heterocycles. The van der Waals surface area contributed by atoms with Gasteiger partial charge >= 0.3 is 0 Å². The largest absolute Gasteiger partial charge is 0.504 e. The number of aromatic nitrogens is 3. The predicted molar refractivity (Wildman–Crippen MR) is 170 cm³/mol. The molecule has 0 radical (unpaired) electrons. The van der Waals surface area contributed by atoms with Crippen molar-refractivity contribution >= 4 is 44.3 Å². The summed E-state index contributed by atoms with van der Waals surface area (Å²) in [6.45, 7) is 0. The first-order valence-electron chi connectivity index (χ1n) is 13.0. The van der Waals surface area contributed by atoms with E-state index in [1.54, 1.807) is 77.4 Å². The zero-order chi connectivity index (χ0) is 31.8. The Kier molecular flexibility index (Phi) is 10.1. The van der Waals surface area contributed by atoms with Crippen LogP contribution >= 0.6 is 11.6 Å². The molecule has 3 aromatic heterocycles. The molecule has 44 heavy (non-hydrogen) atoms. The summed E-state index contributed by atoms with van der Waals surface area (Å²) in [6.07, 6.45) is 4.83. The van der Waals surface area contributed by atoms with Crippen molar-refractivity contribution in [1.82, 2.24) is 15.0 Å². The highest BCUT2D eigenvalue weighted by atomic mass is 35.5. The van der Waals surface area contributed by atoms with Crippen LogP contribution in [0.25, 0.3) is 32.7 Å². The zero-order valence-electron chi connectivity index (χ0n) is 24.6. The molecule has 0 saturated heterocycles. The van der Waals surface area contributed by atoms with Crippen molar-refractivity contribution in [1.29, 1.82) is 0 Å². The van der Waals surface area contributed by atoms with Crippen molar-refractivity contribution in [2.24, 2.45) is 0 Å². The van der Waals surface area contributed by atoms with Crippen LogP contribution in [0.2, 0.25) is 5.02 Å². The Hall–Kier alpha value is -5.42. The number of aromatic hydroxyl groups is 1. The number of pyridine rings is 3. The number of benzene rings is 3. The van der Waals surface area contributed by atoms with E-state index in [1.165, 1.54) is 25.3 Å². The first-order valence-corrected chi connectivity index (χ1v) is 13.4. The highest BCUT2D eigenvalue weighted by Crippen LogP contribution is 2.34. The molecule has 0 aliphatic carbocycles. The minimum atomic E-state index is -0.128. The number of ether oxygens (including phenoxy) is 5. The van der Waals surface area contributed by atoms with E-state index < -0.39 is 0 Å². The number of H-pyrrole nitrogens is 2. The van der Waals surface area contributed by atoms with Gasteiger partial charge in [-0.05, 0) is 24.3 Å². The van der Waals surface area contributed by atoms with Gasteiger partial charge in [-0.2, -0.15) is 0 Å². The Balaban J connectivity index is 0.000000151. The molecule has 0 atom stereocenters. The molecule has 3 N–H and O–H groups in total. The van der Waals surface area contributed by atoms with Crippen molar-refractivity contribution in [3.63, 3.8) is 0 Å². The number of nitrogens with one attached hydrogen (secondary N) is 2. The van der Waals surface area contributed by atoms with Gasteiger partial charge < -0.3 is 38.8 Å². The lowest BCUT2D eigenvalue weighted by molar-refractivity contribution is 0.356. The van der Waals surface area contributed by atoms with Gasteiger partial charge in [0, 0.05) is 65.1 Å². The third-order valence-electron chi connectivity index (χ3n) is 6.51. The maximum atomic E-state index is 11.5. The van der Waals surface area contributed by atoms with Crippen molar-refractivity contribution in [2.75, 3.05) is 35.5 Å². The Morgan fingerprint density at radius 1 is 0.614 bits per heavy atom. The lowest BCUT2D eigenvalue weighted by atomic mass is 10.2. The van der Waals surface area contributed by atoms with E-state index in [0.29, 0.717) is 50.1 Å². The van der Waals surface area contributed by atoms with E-state index >= 15 is 0 Å². The van der Waals surface area contributed by atoms with Gasteiger partial charge in [-0.15, -0.1) is 0 Å². The summed E-state index contributed by atoms with van der Waals surface area (Å²) in [6, 6.07) is 14.7. The van der Waals surface area contributed by atoms with Gasteiger partial charge in [-0.25, -0.2) is 0 Å². The summed E-state index contributed by atoms with van der Waals surface area (Å²) in [5.41, 5.74) is 2.01. The van der Waals surface area contributed by atoms with Gasteiger partial charge in [0.15, 0.2) is 45.4 Å². The predicted octanol–water partition coefficient (Wildman–Crippen LogP) is 5.69. The van der Waals surface area contributed by atoms with Crippen LogP contribution in [0.3, 0.4) is 0 Å². The normalized spacial score (nSPS) is 10.3. The van der Waals surface area contributed by atoms with Crippen LogP contribution in [0.1, 0.15) is 0 Å². The molecule has 0 saturated carbocycles. The molecule has 0 aliphatic rings. The smallest absolute Gasteiger partial charge is 0.189 e. The SMILES string of the molecule is COc1cc2[nH]ccc(=O)c2cc1O.COc1cc2[nH]ccc(=O)c2cc1OC.COc1cc2nccc(Cl)c2cc1OC. The fourth-order valence-corrected chi connectivity index (χ4v) is 4.50. The lowest BCUT2D eigenvalue weighted by Crippen LogP contribution is -2.01. The topological polar surface area (TPSA) is 145 Å². The lowest BCUT2D eigenvalue weighted by Gasteiger charge is -2.09. The van der Waals surface area contributed by atoms with E-state index in [9.17, 15) is 14.7 Å². The standard InChI is InChI=1S/C11H10ClNO2.C11H11NO3.C10H9NO3/c1-14-10-5-7-8(12)3-4-13-9(7)6-11(10)15-2;1-14-10-5-7-8(6-11(10)15-2)12-4-3-9(7)13;1-14-10-5-7-6(4-9(10)13)8(12)2-3-11-7/h3-6H,1-2H3;3-6H,1-2H3,(H,12,13);2-5,13H,1H3,(H,11,12). The van der Waals surface area contributed by atoms with Crippen LogP contribution in [0, 0.1) is 0 Å². The maximum absolute atomic E-state index is 11.5. The molecule has 0 bridgehead atoms. The second kappa shape index (κ2) is 14.2. The minimum Gasteiger partial charge on any atom is -0.504 e. The van der Waals surface area contributed by atoms with E-state index in [4.69, 9.17) is 35.3 Å². The second-order valence-electron chi connectivity index (χ2n) is 9.02. The van der Waals surface area contributed by atoms with E-state index in [0.717, 1.165) is 16.4 Å². The first kappa shape index (κ1) is 31.5. The van der Waals surface area contributed by atoms with Gasteiger partial charge in [-0.3, -0.25) is 14.6 Å². The quantitative estimate of drug-likeness (QED) is 0.221. The summed E-state index contributed by atoms with van der Waals surface area (Å²) in [5, 5.41) is 12.0. The Morgan fingerprint density at radius 2 is 1.07 bits per heavy atom. The summed E-state index contributed by atoms with van der Waals surface area (Å²) >= 11 is 6.05. The van der Waals surface area contributed by atoms with E-state index in [-0.39, 0.29) is 16.6 Å². The van der Waals surface area contributed by atoms with Crippen LogP contribution in [0.5, 0.6) is 34.5 Å². The van der Waals surface area contributed by atoms with E-state index in [1.807, 2.05) is 6.07 Å². The molecule has 12 heteroatoms. The number of aromatic amines is 2. The number of halogens is 1. The molecular formula is C32H30ClN3O8. The number of fused-ring (bicyclic) bond motifs is 3. The monoisotopic (exact) mass is 619 g/mol. The van der Waals surface area contributed by atoms with Gasteiger partial charge in [0.05, 0.1) is 57.1 Å². The number of nitrogens with zero attached hydrogens (tertiary/aromatic N) is 1. The van der Waals surface area contributed by atoms with Crippen molar-refractivity contribution in [3.8, 4) is 34.5 Å².